The van der Waals surface area contributed by atoms with E-state index in [0.29, 0.717) is 5.69 Å². The molecule has 0 amide bonds. The number of aromatic nitrogens is 2. The number of rotatable bonds is 1. The molecule has 1 atom stereocenters. The first-order valence-corrected chi connectivity index (χ1v) is 4.76. The predicted octanol–water partition coefficient (Wildman–Crippen LogP) is 1.46. The van der Waals surface area contributed by atoms with Crippen LogP contribution in [0.15, 0.2) is 18.2 Å². The smallest absolute Gasteiger partial charge is 0.170 e. The maximum atomic E-state index is 8.92. The average molecular weight is 200 g/mol. The molecule has 1 aromatic carbocycles. The zero-order valence-corrected chi connectivity index (χ0v) is 8.73. The molecule has 2 aromatic rings. The van der Waals surface area contributed by atoms with Crippen molar-refractivity contribution < 1.29 is 0 Å². The molecule has 76 valence electrons. The van der Waals surface area contributed by atoms with E-state index in [9.17, 15) is 0 Å². The van der Waals surface area contributed by atoms with E-state index >= 15 is 0 Å². The Hall–Kier alpha value is -1.86. The highest BCUT2D eigenvalue weighted by Crippen LogP contribution is 2.21. The van der Waals surface area contributed by atoms with Crippen LogP contribution in [-0.4, -0.2) is 9.78 Å². The van der Waals surface area contributed by atoms with Gasteiger partial charge in [-0.15, -0.1) is 0 Å². The van der Waals surface area contributed by atoms with Gasteiger partial charge in [0.15, 0.2) is 5.69 Å². The Morgan fingerprint density at radius 3 is 2.87 bits per heavy atom. The number of nitrogens with two attached hydrogens (primary N) is 1. The van der Waals surface area contributed by atoms with Gasteiger partial charge in [0.05, 0.1) is 5.52 Å². The number of nitrogens with zero attached hydrogens (tertiary/aromatic N) is 3. The maximum Gasteiger partial charge on any atom is 0.170 e. The van der Waals surface area contributed by atoms with Crippen LogP contribution in [0.4, 0.5) is 0 Å². The summed E-state index contributed by atoms with van der Waals surface area (Å²) in [6.07, 6.45) is 0. The Bertz CT molecular complexity index is 545. The first-order valence-electron chi connectivity index (χ1n) is 4.76. The average Bonchev–Trinajstić information content (AvgIpc) is 2.55. The standard InChI is InChI=1S/C11H12N4/c1-7(13)8-3-4-11-9(5-8)10(6-12)14-15(11)2/h3-5,7H,13H2,1-2H3. The first kappa shape index (κ1) is 9.69. The number of fused-ring (bicyclic) bond motifs is 1. The number of hydrogen-bond acceptors (Lipinski definition) is 3. The van der Waals surface area contributed by atoms with Crippen LogP contribution in [0.5, 0.6) is 0 Å². The summed E-state index contributed by atoms with van der Waals surface area (Å²) in [5, 5.41) is 13.9. The number of nitriles is 1. The highest BCUT2D eigenvalue weighted by atomic mass is 15.3. The Labute approximate surface area is 87.9 Å². The highest BCUT2D eigenvalue weighted by molar-refractivity contribution is 5.84. The van der Waals surface area contributed by atoms with Gasteiger partial charge < -0.3 is 5.73 Å². The van der Waals surface area contributed by atoms with E-state index in [1.165, 1.54) is 0 Å². The summed E-state index contributed by atoms with van der Waals surface area (Å²) >= 11 is 0. The molecule has 0 spiro atoms. The van der Waals surface area contributed by atoms with E-state index in [2.05, 4.69) is 11.2 Å². The fraction of sp³-hybridized carbons (Fsp3) is 0.273. The molecular weight excluding hydrogens is 188 g/mol. The number of benzene rings is 1. The predicted molar refractivity (Wildman–Crippen MR) is 58.0 cm³/mol. The normalized spacial score (nSPS) is 12.7. The molecule has 1 heterocycles. The summed E-state index contributed by atoms with van der Waals surface area (Å²) in [6.45, 7) is 1.92. The first-order chi connectivity index (χ1) is 7.13. The van der Waals surface area contributed by atoms with E-state index in [1.807, 2.05) is 32.2 Å². The van der Waals surface area contributed by atoms with Crippen molar-refractivity contribution in [3.63, 3.8) is 0 Å². The van der Waals surface area contributed by atoms with Crippen molar-refractivity contribution in [2.45, 2.75) is 13.0 Å². The van der Waals surface area contributed by atoms with Crippen LogP contribution in [0, 0.1) is 11.3 Å². The summed E-state index contributed by atoms with van der Waals surface area (Å²) in [6, 6.07) is 7.91. The minimum Gasteiger partial charge on any atom is -0.324 e. The van der Waals surface area contributed by atoms with Gasteiger partial charge in [0.25, 0.3) is 0 Å². The molecule has 0 saturated carbocycles. The molecule has 0 aliphatic rings. The Morgan fingerprint density at radius 2 is 2.27 bits per heavy atom. The van der Waals surface area contributed by atoms with Crippen LogP contribution in [0.1, 0.15) is 24.2 Å². The van der Waals surface area contributed by atoms with Gasteiger partial charge in [-0.25, -0.2) is 0 Å². The lowest BCUT2D eigenvalue weighted by Crippen LogP contribution is -2.04. The van der Waals surface area contributed by atoms with Gasteiger partial charge in [-0.05, 0) is 24.6 Å². The van der Waals surface area contributed by atoms with Gasteiger partial charge in [0.2, 0.25) is 0 Å². The SMILES string of the molecule is CC(N)c1ccc2c(c1)c(C#N)nn2C. The van der Waals surface area contributed by atoms with Gasteiger partial charge in [-0.2, -0.15) is 10.4 Å². The molecule has 15 heavy (non-hydrogen) atoms. The van der Waals surface area contributed by atoms with Crippen molar-refractivity contribution in [3.05, 3.63) is 29.5 Å². The van der Waals surface area contributed by atoms with Crippen LogP contribution >= 0.6 is 0 Å². The number of aryl methyl sites for hydroxylation is 1. The van der Waals surface area contributed by atoms with E-state index in [1.54, 1.807) is 4.68 Å². The topological polar surface area (TPSA) is 67.6 Å². The van der Waals surface area contributed by atoms with E-state index in [4.69, 9.17) is 11.0 Å². The van der Waals surface area contributed by atoms with Gasteiger partial charge in [0, 0.05) is 18.5 Å². The minimum atomic E-state index is -0.0267. The quantitative estimate of drug-likeness (QED) is 0.757. The monoisotopic (exact) mass is 200 g/mol. The van der Waals surface area contributed by atoms with E-state index in [-0.39, 0.29) is 6.04 Å². The summed E-state index contributed by atoms with van der Waals surface area (Å²) in [5.41, 5.74) is 8.22. The van der Waals surface area contributed by atoms with Crippen molar-refractivity contribution in [3.8, 4) is 6.07 Å². The van der Waals surface area contributed by atoms with Crippen LogP contribution < -0.4 is 5.73 Å². The third kappa shape index (κ3) is 1.47. The van der Waals surface area contributed by atoms with E-state index in [0.717, 1.165) is 16.5 Å². The van der Waals surface area contributed by atoms with Crippen LogP contribution in [0.25, 0.3) is 10.9 Å². The third-order valence-corrected chi connectivity index (χ3v) is 2.51. The lowest BCUT2D eigenvalue weighted by atomic mass is 10.1. The van der Waals surface area contributed by atoms with Crippen LogP contribution in [-0.2, 0) is 7.05 Å². The van der Waals surface area contributed by atoms with Crippen LogP contribution in [0.2, 0.25) is 0 Å². The Morgan fingerprint density at radius 1 is 1.53 bits per heavy atom. The molecule has 0 saturated heterocycles. The molecule has 2 N–H and O–H groups in total. The Balaban J connectivity index is 2.75. The van der Waals surface area contributed by atoms with Gasteiger partial charge >= 0.3 is 0 Å². The second-order valence-electron chi connectivity index (χ2n) is 3.65. The molecule has 1 aromatic heterocycles. The fourth-order valence-corrected chi connectivity index (χ4v) is 1.65. The maximum absolute atomic E-state index is 8.92. The summed E-state index contributed by atoms with van der Waals surface area (Å²) in [7, 11) is 1.83. The molecule has 0 radical (unpaired) electrons. The molecule has 0 bridgehead atoms. The number of hydrogen-bond donors (Lipinski definition) is 1. The van der Waals surface area contributed by atoms with Gasteiger partial charge in [-0.1, -0.05) is 6.07 Å². The summed E-state index contributed by atoms with van der Waals surface area (Å²) in [4.78, 5) is 0. The lowest BCUT2D eigenvalue weighted by molar-refractivity contribution is 0.790. The zero-order valence-electron chi connectivity index (χ0n) is 8.73. The molecule has 0 aliphatic heterocycles. The summed E-state index contributed by atoms with van der Waals surface area (Å²) < 4.78 is 1.71. The molecule has 4 nitrogen and oxygen atoms in total. The minimum absolute atomic E-state index is 0.0267. The molecular formula is C11H12N4. The lowest BCUT2D eigenvalue weighted by Gasteiger charge is -2.04. The van der Waals surface area contributed by atoms with Gasteiger partial charge in [-0.3, -0.25) is 4.68 Å². The van der Waals surface area contributed by atoms with Crippen molar-refractivity contribution in [2.75, 3.05) is 0 Å². The second kappa shape index (κ2) is 3.37. The largest absolute Gasteiger partial charge is 0.324 e. The molecule has 0 aliphatic carbocycles. The van der Waals surface area contributed by atoms with Crippen LogP contribution in [0.3, 0.4) is 0 Å². The molecule has 4 heteroatoms. The third-order valence-electron chi connectivity index (χ3n) is 2.51. The highest BCUT2D eigenvalue weighted by Gasteiger charge is 2.09. The van der Waals surface area contributed by atoms with E-state index < -0.39 is 0 Å². The summed E-state index contributed by atoms with van der Waals surface area (Å²) in [5.74, 6) is 0. The second-order valence-corrected chi connectivity index (χ2v) is 3.65. The molecule has 1 unspecified atom stereocenters. The van der Waals surface area contributed by atoms with Crippen molar-refractivity contribution in [1.82, 2.24) is 9.78 Å². The van der Waals surface area contributed by atoms with Crippen molar-refractivity contribution >= 4 is 10.9 Å². The fourth-order valence-electron chi connectivity index (χ4n) is 1.65. The van der Waals surface area contributed by atoms with Gasteiger partial charge in [0.1, 0.15) is 6.07 Å². The molecule has 2 rings (SSSR count). The Kier molecular flexibility index (Phi) is 2.18. The molecule has 0 fully saturated rings. The zero-order chi connectivity index (χ0) is 11.0. The van der Waals surface area contributed by atoms with Crippen molar-refractivity contribution in [2.24, 2.45) is 12.8 Å². The van der Waals surface area contributed by atoms with Crippen molar-refractivity contribution in [1.29, 1.82) is 5.26 Å².